The van der Waals surface area contributed by atoms with E-state index in [4.69, 9.17) is 9.15 Å². The molecule has 0 bridgehead atoms. The molecule has 0 saturated carbocycles. The van der Waals surface area contributed by atoms with Crippen molar-refractivity contribution in [3.63, 3.8) is 0 Å². The highest BCUT2D eigenvalue weighted by molar-refractivity contribution is 8.00. The van der Waals surface area contributed by atoms with E-state index < -0.39 is 24.5 Å². The molecule has 1 aliphatic rings. The first kappa shape index (κ1) is 17.3. The van der Waals surface area contributed by atoms with E-state index in [1.54, 1.807) is 0 Å². The standard InChI is InChI=1S/C17H14N4O5S/c22-12(21-6-5-18-17(21)24)7-25-13(23)8-27-16-15-14(19-9-20-16)10-3-1-2-4-11(10)26-15/h1-4,9H,5-8H2,(H,18,24). The van der Waals surface area contributed by atoms with Crippen LogP contribution in [0.15, 0.2) is 40.0 Å². The lowest BCUT2D eigenvalue weighted by molar-refractivity contribution is -0.148. The number of amides is 3. The maximum atomic E-state index is 11.9. The normalized spacial score (nSPS) is 13.9. The van der Waals surface area contributed by atoms with Gasteiger partial charge in [0.25, 0.3) is 5.91 Å². The van der Waals surface area contributed by atoms with Crippen molar-refractivity contribution in [2.75, 3.05) is 25.4 Å². The summed E-state index contributed by atoms with van der Waals surface area (Å²) in [5, 5.41) is 3.89. The molecule has 0 atom stereocenters. The van der Waals surface area contributed by atoms with E-state index in [2.05, 4.69) is 15.3 Å². The van der Waals surface area contributed by atoms with Crippen LogP contribution in [0.2, 0.25) is 0 Å². The first-order valence-electron chi connectivity index (χ1n) is 8.12. The van der Waals surface area contributed by atoms with Crippen molar-refractivity contribution in [1.82, 2.24) is 20.2 Å². The molecule has 1 saturated heterocycles. The van der Waals surface area contributed by atoms with Crippen molar-refractivity contribution in [3.8, 4) is 0 Å². The number of hydrogen-bond acceptors (Lipinski definition) is 8. The number of benzene rings is 1. The monoisotopic (exact) mass is 386 g/mol. The molecule has 0 spiro atoms. The van der Waals surface area contributed by atoms with Gasteiger partial charge in [0.2, 0.25) is 0 Å². The van der Waals surface area contributed by atoms with Crippen LogP contribution in [0.4, 0.5) is 4.79 Å². The number of carbonyl (C=O) groups excluding carboxylic acids is 3. The fraction of sp³-hybridized carbons (Fsp3) is 0.235. The highest BCUT2D eigenvalue weighted by atomic mass is 32.2. The minimum absolute atomic E-state index is 0.0529. The van der Waals surface area contributed by atoms with Crippen molar-refractivity contribution < 1.29 is 23.5 Å². The topological polar surface area (TPSA) is 115 Å². The summed E-state index contributed by atoms with van der Waals surface area (Å²) in [6, 6.07) is 7.01. The van der Waals surface area contributed by atoms with E-state index in [1.165, 1.54) is 6.33 Å². The maximum absolute atomic E-state index is 11.9. The molecule has 1 aromatic carbocycles. The number of imide groups is 1. The van der Waals surface area contributed by atoms with Gasteiger partial charge in [-0.15, -0.1) is 0 Å². The van der Waals surface area contributed by atoms with Crippen molar-refractivity contribution in [3.05, 3.63) is 30.6 Å². The second-order valence-electron chi connectivity index (χ2n) is 5.68. The smallest absolute Gasteiger partial charge is 0.324 e. The number of para-hydroxylation sites is 1. The number of furan rings is 1. The molecule has 3 amide bonds. The summed E-state index contributed by atoms with van der Waals surface area (Å²) < 4.78 is 10.7. The summed E-state index contributed by atoms with van der Waals surface area (Å²) in [7, 11) is 0. The van der Waals surface area contributed by atoms with E-state index in [0.717, 1.165) is 22.0 Å². The van der Waals surface area contributed by atoms with Gasteiger partial charge in [0.15, 0.2) is 12.2 Å². The van der Waals surface area contributed by atoms with Crippen LogP contribution in [0, 0.1) is 0 Å². The largest absolute Gasteiger partial charge is 0.455 e. The zero-order valence-electron chi connectivity index (χ0n) is 14.0. The number of aromatic nitrogens is 2. The first-order chi connectivity index (χ1) is 13.1. The molecule has 3 heterocycles. The molecule has 138 valence electrons. The predicted octanol–water partition coefficient (Wildman–Crippen LogP) is 1.56. The fourth-order valence-corrected chi connectivity index (χ4v) is 3.43. The molecule has 10 heteroatoms. The molecule has 27 heavy (non-hydrogen) atoms. The van der Waals surface area contributed by atoms with E-state index in [1.807, 2.05) is 24.3 Å². The molecule has 0 unspecified atom stereocenters. The van der Waals surface area contributed by atoms with Gasteiger partial charge < -0.3 is 14.5 Å². The molecule has 1 N–H and O–H groups in total. The van der Waals surface area contributed by atoms with Gasteiger partial charge in [-0.2, -0.15) is 0 Å². The van der Waals surface area contributed by atoms with Gasteiger partial charge in [0.1, 0.15) is 22.5 Å². The minimum atomic E-state index is -0.587. The summed E-state index contributed by atoms with van der Waals surface area (Å²) in [6.45, 7) is 0.196. The lowest BCUT2D eigenvalue weighted by Crippen LogP contribution is -2.37. The summed E-state index contributed by atoms with van der Waals surface area (Å²) in [6.07, 6.45) is 1.41. The Bertz CT molecular complexity index is 1050. The number of rotatable bonds is 5. The van der Waals surface area contributed by atoms with Crippen LogP contribution in [0.25, 0.3) is 22.1 Å². The second kappa shape index (κ2) is 7.23. The summed E-state index contributed by atoms with van der Waals surface area (Å²) in [5.41, 5.74) is 1.86. The molecule has 1 aliphatic heterocycles. The number of hydrogen-bond donors (Lipinski definition) is 1. The van der Waals surface area contributed by atoms with Gasteiger partial charge in [-0.05, 0) is 12.1 Å². The van der Waals surface area contributed by atoms with Gasteiger partial charge in [-0.1, -0.05) is 23.9 Å². The lowest BCUT2D eigenvalue weighted by atomic mass is 10.2. The van der Waals surface area contributed by atoms with Crippen LogP contribution >= 0.6 is 11.8 Å². The van der Waals surface area contributed by atoms with Crippen molar-refractivity contribution in [2.45, 2.75) is 5.03 Å². The molecule has 0 aliphatic carbocycles. The molecule has 3 aromatic rings. The van der Waals surface area contributed by atoms with Gasteiger partial charge in [0.05, 0.1) is 5.75 Å². The quantitative estimate of drug-likeness (QED) is 0.399. The third-order valence-electron chi connectivity index (χ3n) is 3.97. The van der Waals surface area contributed by atoms with Crippen molar-refractivity contribution in [2.24, 2.45) is 0 Å². The second-order valence-corrected chi connectivity index (χ2v) is 6.65. The summed E-state index contributed by atoms with van der Waals surface area (Å²) >= 11 is 1.13. The average molecular weight is 386 g/mol. The molecule has 1 fully saturated rings. The number of esters is 1. The zero-order valence-corrected chi connectivity index (χ0v) is 14.8. The third-order valence-corrected chi connectivity index (χ3v) is 4.91. The number of ether oxygens (including phenoxy) is 1. The highest BCUT2D eigenvalue weighted by Crippen LogP contribution is 2.32. The van der Waals surface area contributed by atoms with Gasteiger partial charge in [0, 0.05) is 18.5 Å². The predicted molar refractivity (Wildman–Crippen MR) is 96.1 cm³/mol. The molecular formula is C17H14N4O5S. The number of nitrogens with one attached hydrogen (secondary N) is 1. The minimum Gasteiger partial charge on any atom is -0.455 e. The Labute approximate surface area is 157 Å². The molecular weight excluding hydrogens is 372 g/mol. The average Bonchev–Trinajstić information content (AvgIpc) is 3.28. The van der Waals surface area contributed by atoms with Crippen molar-refractivity contribution >= 4 is 51.7 Å². The van der Waals surface area contributed by atoms with Gasteiger partial charge >= 0.3 is 12.0 Å². The summed E-state index contributed by atoms with van der Waals surface area (Å²) in [5.74, 6) is -1.19. The molecule has 0 radical (unpaired) electrons. The number of nitrogens with zero attached hydrogens (tertiary/aromatic N) is 3. The Kier molecular flexibility index (Phi) is 4.63. The number of fused-ring (bicyclic) bond motifs is 3. The Balaban J connectivity index is 1.39. The highest BCUT2D eigenvalue weighted by Gasteiger charge is 2.26. The van der Waals surface area contributed by atoms with Crippen LogP contribution < -0.4 is 5.32 Å². The van der Waals surface area contributed by atoms with Crippen LogP contribution in [0.1, 0.15) is 0 Å². The van der Waals surface area contributed by atoms with Gasteiger partial charge in [-0.25, -0.2) is 14.8 Å². The molecule has 9 nitrogen and oxygen atoms in total. The van der Waals surface area contributed by atoms with Gasteiger partial charge in [-0.3, -0.25) is 14.5 Å². The molecule has 2 aromatic heterocycles. The lowest BCUT2D eigenvalue weighted by Gasteiger charge is -2.11. The third kappa shape index (κ3) is 3.43. The maximum Gasteiger partial charge on any atom is 0.324 e. The van der Waals surface area contributed by atoms with E-state index in [9.17, 15) is 14.4 Å². The SMILES string of the molecule is O=C(CSc1ncnc2c1oc1ccccc12)OCC(=O)N1CCNC1=O. The van der Waals surface area contributed by atoms with E-state index in [0.29, 0.717) is 28.3 Å². The number of thioether (sulfide) groups is 1. The van der Waals surface area contributed by atoms with Crippen LogP contribution in [-0.4, -0.2) is 58.2 Å². The Morgan fingerprint density at radius 3 is 2.96 bits per heavy atom. The first-order valence-corrected chi connectivity index (χ1v) is 9.11. The van der Waals surface area contributed by atoms with E-state index >= 15 is 0 Å². The van der Waals surface area contributed by atoms with E-state index in [-0.39, 0.29) is 12.3 Å². The van der Waals surface area contributed by atoms with Crippen LogP contribution in [-0.2, 0) is 14.3 Å². The molecule has 4 rings (SSSR count). The number of carbonyl (C=O) groups is 3. The Morgan fingerprint density at radius 1 is 1.30 bits per heavy atom. The van der Waals surface area contributed by atoms with Crippen LogP contribution in [0.5, 0.6) is 0 Å². The Morgan fingerprint density at radius 2 is 2.15 bits per heavy atom. The Hall–Kier alpha value is -3.14. The van der Waals surface area contributed by atoms with Crippen LogP contribution in [0.3, 0.4) is 0 Å². The number of urea groups is 1. The fourth-order valence-electron chi connectivity index (χ4n) is 2.70. The zero-order chi connectivity index (χ0) is 18.8. The van der Waals surface area contributed by atoms with Crippen molar-refractivity contribution in [1.29, 1.82) is 0 Å². The summed E-state index contributed by atoms with van der Waals surface area (Å²) in [4.78, 5) is 44.6.